The van der Waals surface area contributed by atoms with Crippen molar-refractivity contribution in [3.8, 4) is 0 Å². The van der Waals surface area contributed by atoms with Crippen molar-refractivity contribution in [2.75, 3.05) is 7.05 Å². The standard InChI is InChI=1S/C19H31NS/c1-3-4-5-6-7-8-9-13-17(20-2)19-15-16-12-10-11-14-18(16)21-19/h10-12,14,17,19-20H,3-9,13,15H2,1-2H3. The Bertz CT molecular complexity index is 379. The van der Waals surface area contributed by atoms with Crippen molar-refractivity contribution in [2.45, 2.75) is 80.9 Å². The van der Waals surface area contributed by atoms with Gasteiger partial charge in [0.05, 0.1) is 0 Å². The van der Waals surface area contributed by atoms with Gasteiger partial charge in [0.1, 0.15) is 0 Å². The van der Waals surface area contributed by atoms with Crippen molar-refractivity contribution in [2.24, 2.45) is 0 Å². The van der Waals surface area contributed by atoms with Crippen LogP contribution in [0.3, 0.4) is 0 Å². The summed E-state index contributed by atoms with van der Waals surface area (Å²) in [6.45, 7) is 2.29. The summed E-state index contributed by atoms with van der Waals surface area (Å²) in [6, 6.07) is 9.58. The van der Waals surface area contributed by atoms with Crippen molar-refractivity contribution in [1.29, 1.82) is 0 Å². The third-order valence-corrected chi connectivity index (χ3v) is 6.06. The van der Waals surface area contributed by atoms with Gasteiger partial charge in [-0.1, -0.05) is 70.1 Å². The number of hydrogen-bond acceptors (Lipinski definition) is 2. The number of unbranched alkanes of at least 4 members (excludes halogenated alkanes) is 6. The summed E-state index contributed by atoms with van der Waals surface area (Å²) < 4.78 is 0. The maximum atomic E-state index is 3.57. The average Bonchev–Trinajstić information content (AvgIpc) is 2.94. The first kappa shape index (κ1) is 16.9. The molecule has 1 aromatic rings. The van der Waals surface area contributed by atoms with Gasteiger partial charge in [-0.2, -0.15) is 0 Å². The fraction of sp³-hybridized carbons (Fsp3) is 0.684. The molecule has 2 atom stereocenters. The minimum atomic E-state index is 0.665. The van der Waals surface area contributed by atoms with E-state index in [2.05, 4.69) is 55.3 Å². The van der Waals surface area contributed by atoms with Crippen molar-refractivity contribution >= 4 is 11.8 Å². The predicted molar refractivity (Wildman–Crippen MR) is 95.2 cm³/mol. The normalized spacial score (nSPS) is 18.7. The molecule has 0 saturated heterocycles. The molecule has 1 aliphatic rings. The van der Waals surface area contributed by atoms with Gasteiger partial charge in [0.25, 0.3) is 0 Å². The maximum absolute atomic E-state index is 3.57. The largest absolute Gasteiger partial charge is 0.316 e. The molecule has 0 aliphatic carbocycles. The second kappa shape index (κ2) is 9.53. The van der Waals surface area contributed by atoms with E-state index >= 15 is 0 Å². The molecule has 0 radical (unpaired) electrons. The molecule has 2 heteroatoms. The van der Waals surface area contributed by atoms with E-state index in [4.69, 9.17) is 0 Å². The Morgan fingerprint density at radius 3 is 2.52 bits per heavy atom. The number of rotatable bonds is 10. The Morgan fingerprint density at radius 1 is 1.10 bits per heavy atom. The van der Waals surface area contributed by atoms with Gasteiger partial charge in [0.15, 0.2) is 0 Å². The molecule has 1 N–H and O–H groups in total. The zero-order valence-corrected chi connectivity index (χ0v) is 14.6. The lowest BCUT2D eigenvalue weighted by Gasteiger charge is -2.22. The van der Waals surface area contributed by atoms with Crippen LogP contribution in [0.15, 0.2) is 29.2 Å². The lowest BCUT2D eigenvalue weighted by molar-refractivity contribution is 0.468. The van der Waals surface area contributed by atoms with Gasteiger partial charge >= 0.3 is 0 Å². The first-order valence-electron chi connectivity index (χ1n) is 8.77. The van der Waals surface area contributed by atoms with Crippen molar-refractivity contribution in [3.63, 3.8) is 0 Å². The van der Waals surface area contributed by atoms with Gasteiger partial charge in [-0.25, -0.2) is 0 Å². The van der Waals surface area contributed by atoms with Gasteiger partial charge in [0, 0.05) is 16.2 Å². The molecule has 21 heavy (non-hydrogen) atoms. The summed E-state index contributed by atoms with van der Waals surface area (Å²) in [5.41, 5.74) is 1.55. The summed E-state index contributed by atoms with van der Waals surface area (Å²) in [5.74, 6) is 0. The van der Waals surface area contributed by atoms with Crippen LogP contribution in [0.1, 0.15) is 63.9 Å². The number of benzene rings is 1. The van der Waals surface area contributed by atoms with E-state index in [1.54, 1.807) is 5.56 Å². The summed E-state index contributed by atoms with van der Waals surface area (Å²) in [6.07, 6.45) is 12.4. The summed E-state index contributed by atoms with van der Waals surface area (Å²) in [4.78, 5) is 1.50. The molecule has 0 fully saturated rings. The molecule has 0 amide bonds. The van der Waals surface area contributed by atoms with Crippen molar-refractivity contribution < 1.29 is 0 Å². The highest BCUT2D eigenvalue weighted by Crippen LogP contribution is 2.39. The molecule has 0 aromatic heterocycles. The van der Waals surface area contributed by atoms with Crippen LogP contribution < -0.4 is 5.32 Å². The quantitative estimate of drug-likeness (QED) is 0.578. The van der Waals surface area contributed by atoms with Gasteiger partial charge < -0.3 is 5.32 Å². The highest BCUT2D eigenvalue weighted by Gasteiger charge is 2.27. The van der Waals surface area contributed by atoms with Crippen LogP contribution in [0.25, 0.3) is 0 Å². The average molecular weight is 306 g/mol. The zero-order valence-electron chi connectivity index (χ0n) is 13.7. The zero-order chi connectivity index (χ0) is 14.9. The Balaban J connectivity index is 1.65. The van der Waals surface area contributed by atoms with Gasteiger partial charge in [-0.3, -0.25) is 0 Å². The molecular weight excluding hydrogens is 274 g/mol. The van der Waals surface area contributed by atoms with E-state index in [0.717, 1.165) is 5.25 Å². The Hall–Kier alpha value is -0.470. The smallest absolute Gasteiger partial charge is 0.0289 e. The first-order chi connectivity index (χ1) is 10.3. The number of hydrogen-bond donors (Lipinski definition) is 1. The van der Waals surface area contributed by atoms with E-state index in [9.17, 15) is 0 Å². The van der Waals surface area contributed by atoms with Crippen molar-refractivity contribution in [1.82, 2.24) is 5.32 Å². The van der Waals surface area contributed by atoms with Crippen LogP contribution in [-0.4, -0.2) is 18.3 Å². The minimum absolute atomic E-state index is 0.665. The van der Waals surface area contributed by atoms with Crippen LogP contribution in [0, 0.1) is 0 Å². The number of fused-ring (bicyclic) bond motifs is 1. The molecule has 1 heterocycles. The van der Waals surface area contributed by atoms with Gasteiger partial charge in [-0.15, -0.1) is 11.8 Å². The van der Waals surface area contributed by atoms with E-state index in [1.807, 2.05) is 0 Å². The Morgan fingerprint density at radius 2 is 1.81 bits per heavy atom. The molecule has 0 bridgehead atoms. The van der Waals surface area contributed by atoms with E-state index < -0.39 is 0 Å². The topological polar surface area (TPSA) is 12.0 Å². The lowest BCUT2D eigenvalue weighted by atomic mass is 9.99. The molecular formula is C19H31NS. The fourth-order valence-corrected chi connectivity index (χ4v) is 4.76. The second-order valence-corrected chi connectivity index (χ2v) is 7.55. The van der Waals surface area contributed by atoms with Crippen LogP contribution in [0.5, 0.6) is 0 Å². The van der Waals surface area contributed by atoms with Crippen molar-refractivity contribution in [3.05, 3.63) is 29.8 Å². The second-order valence-electron chi connectivity index (χ2n) is 6.27. The summed E-state index contributed by atoms with van der Waals surface area (Å²) in [5, 5.41) is 4.30. The molecule has 0 saturated carbocycles. The maximum Gasteiger partial charge on any atom is 0.0289 e. The third-order valence-electron chi connectivity index (χ3n) is 4.61. The molecule has 118 valence electrons. The van der Waals surface area contributed by atoms with E-state index in [0.29, 0.717) is 6.04 Å². The summed E-state index contributed by atoms with van der Waals surface area (Å²) >= 11 is 2.08. The third kappa shape index (κ3) is 5.34. The fourth-order valence-electron chi connectivity index (χ4n) is 3.27. The summed E-state index contributed by atoms with van der Waals surface area (Å²) in [7, 11) is 2.13. The molecule has 1 aliphatic heterocycles. The molecule has 2 rings (SSSR count). The van der Waals surface area contributed by atoms with Crippen LogP contribution in [-0.2, 0) is 6.42 Å². The monoisotopic (exact) mass is 305 g/mol. The number of nitrogens with one attached hydrogen (secondary N) is 1. The van der Waals surface area contributed by atoms with E-state index in [-0.39, 0.29) is 0 Å². The number of thioether (sulfide) groups is 1. The minimum Gasteiger partial charge on any atom is -0.316 e. The molecule has 1 nitrogen and oxygen atoms in total. The molecule has 1 aromatic carbocycles. The SMILES string of the molecule is CCCCCCCCCC(NC)C1Cc2ccccc2S1. The lowest BCUT2D eigenvalue weighted by Crippen LogP contribution is -2.35. The Kier molecular flexibility index (Phi) is 7.66. The van der Waals surface area contributed by atoms with Crippen LogP contribution in [0.2, 0.25) is 0 Å². The molecule has 0 spiro atoms. The van der Waals surface area contributed by atoms with Crippen LogP contribution in [0.4, 0.5) is 0 Å². The van der Waals surface area contributed by atoms with Crippen LogP contribution >= 0.6 is 11.8 Å². The highest BCUT2D eigenvalue weighted by molar-refractivity contribution is 8.00. The molecule has 2 unspecified atom stereocenters. The predicted octanol–water partition coefficient (Wildman–Crippen LogP) is 5.43. The highest BCUT2D eigenvalue weighted by atomic mass is 32.2. The Labute approximate surface area is 135 Å². The van der Waals surface area contributed by atoms with E-state index in [1.165, 1.54) is 62.7 Å². The first-order valence-corrected chi connectivity index (χ1v) is 9.65. The van der Waals surface area contributed by atoms with Gasteiger partial charge in [-0.05, 0) is 31.5 Å². The van der Waals surface area contributed by atoms with Gasteiger partial charge in [0.2, 0.25) is 0 Å².